The van der Waals surface area contributed by atoms with E-state index >= 15 is 0 Å². The van der Waals surface area contributed by atoms with E-state index in [2.05, 4.69) is 21.1 Å². The first kappa shape index (κ1) is 13.6. The fourth-order valence-corrected chi connectivity index (χ4v) is 3.52. The molecule has 0 bridgehead atoms. The van der Waals surface area contributed by atoms with Gasteiger partial charge in [0.2, 0.25) is 0 Å². The summed E-state index contributed by atoms with van der Waals surface area (Å²) < 4.78 is 7.62. The molecule has 5 heteroatoms. The molecule has 0 spiro atoms. The lowest BCUT2D eigenvalue weighted by atomic mass is 9.91. The highest BCUT2D eigenvalue weighted by molar-refractivity contribution is 5.20. The predicted molar refractivity (Wildman–Crippen MR) is 74.3 cm³/mol. The maximum absolute atomic E-state index is 9.01. The molecule has 1 aliphatic carbocycles. The summed E-state index contributed by atoms with van der Waals surface area (Å²) in [5.41, 5.74) is 2.12. The first-order chi connectivity index (χ1) is 9.90. The first-order valence-corrected chi connectivity index (χ1v) is 7.79. The lowest BCUT2D eigenvalue weighted by molar-refractivity contribution is 0.0825. The molecule has 0 atom stereocenters. The SMILES string of the molecule is N#CCc1nnn(C2CCCCC2)c1C1CCOCC1. The number of hydrogen-bond donors (Lipinski definition) is 0. The van der Waals surface area contributed by atoms with Gasteiger partial charge in [0.25, 0.3) is 0 Å². The van der Waals surface area contributed by atoms with Crippen molar-refractivity contribution in [2.45, 2.75) is 63.3 Å². The van der Waals surface area contributed by atoms with Crippen LogP contribution in [0.25, 0.3) is 0 Å². The third-order valence-corrected chi connectivity index (χ3v) is 4.58. The second-order valence-electron chi connectivity index (χ2n) is 5.88. The molecule has 0 aromatic carbocycles. The van der Waals surface area contributed by atoms with Crippen molar-refractivity contribution in [1.29, 1.82) is 5.26 Å². The van der Waals surface area contributed by atoms with Crippen LogP contribution in [0.4, 0.5) is 0 Å². The molecule has 0 unspecified atom stereocenters. The van der Waals surface area contributed by atoms with E-state index in [0.717, 1.165) is 31.7 Å². The van der Waals surface area contributed by atoms with Gasteiger partial charge in [-0.2, -0.15) is 5.26 Å². The van der Waals surface area contributed by atoms with Crippen molar-refractivity contribution in [2.75, 3.05) is 13.2 Å². The molecule has 20 heavy (non-hydrogen) atoms. The zero-order valence-corrected chi connectivity index (χ0v) is 11.9. The highest BCUT2D eigenvalue weighted by Gasteiger charge is 2.28. The summed E-state index contributed by atoms with van der Waals surface area (Å²) >= 11 is 0. The third-order valence-electron chi connectivity index (χ3n) is 4.58. The Morgan fingerprint density at radius 1 is 1.15 bits per heavy atom. The van der Waals surface area contributed by atoms with Gasteiger partial charge in [-0.15, -0.1) is 5.10 Å². The van der Waals surface area contributed by atoms with E-state index in [0.29, 0.717) is 18.4 Å². The Hall–Kier alpha value is -1.41. The van der Waals surface area contributed by atoms with Crippen LogP contribution in [0.15, 0.2) is 0 Å². The second-order valence-corrected chi connectivity index (χ2v) is 5.88. The highest BCUT2D eigenvalue weighted by Crippen LogP contribution is 2.34. The minimum Gasteiger partial charge on any atom is -0.381 e. The van der Waals surface area contributed by atoms with Gasteiger partial charge >= 0.3 is 0 Å². The van der Waals surface area contributed by atoms with Gasteiger partial charge < -0.3 is 4.74 Å². The molecule has 3 rings (SSSR count). The summed E-state index contributed by atoms with van der Waals surface area (Å²) in [4.78, 5) is 0. The van der Waals surface area contributed by atoms with Gasteiger partial charge in [0.15, 0.2) is 0 Å². The van der Waals surface area contributed by atoms with E-state index in [9.17, 15) is 0 Å². The van der Waals surface area contributed by atoms with Crippen LogP contribution in [0.3, 0.4) is 0 Å². The monoisotopic (exact) mass is 274 g/mol. The summed E-state index contributed by atoms with van der Waals surface area (Å²) in [6.07, 6.45) is 8.73. The molecule has 2 aliphatic rings. The standard InChI is InChI=1S/C15H22N4O/c16-9-6-14-15(12-7-10-20-11-8-12)19(18-17-14)13-4-2-1-3-5-13/h12-13H,1-8,10-11H2. The molecule has 2 heterocycles. The summed E-state index contributed by atoms with van der Waals surface area (Å²) in [6.45, 7) is 1.62. The number of aromatic nitrogens is 3. The molecule has 5 nitrogen and oxygen atoms in total. The Bertz CT molecular complexity index is 479. The molecular formula is C15H22N4O. The van der Waals surface area contributed by atoms with E-state index in [-0.39, 0.29) is 0 Å². The molecule has 0 radical (unpaired) electrons. The molecule has 0 amide bonds. The Morgan fingerprint density at radius 2 is 1.90 bits per heavy atom. The van der Waals surface area contributed by atoms with Gasteiger partial charge in [0.1, 0.15) is 5.69 Å². The molecule has 0 N–H and O–H groups in total. The molecule has 1 aliphatic heterocycles. The van der Waals surface area contributed by atoms with E-state index in [1.807, 2.05) is 0 Å². The normalized spacial score (nSPS) is 21.8. The van der Waals surface area contributed by atoms with E-state index < -0.39 is 0 Å². The third kappa shape index (κ3) is 2.71. The number of rotatable bonds is 3. The van der Waals surface area contributed by atoms with Gasteiger partial charge in [-0.3, -0.25) is 0 Å². The topological polar surface area (TPSA) is 63.7 Å². The largest absolute Gasteiger partial charge is 0.381 e. The van der Waals surface area contributed by atoms with Crippen molar-refractivity contribution in [3.63, 3.8) is 0 Å². The number of ether oxygens (including phenoxy) is 1. The summed E-state index contributed by atoms with van der Waals surface area (Å²) in [7, 11) is 0. The van der Waals surface area contributed by atoms with Crippen LogP contribution >= 0.6 is 0 Å². The summed E-state index contributed by atoms with van der Waals surface area (Å²) in [6, 6.07) is 2.72. The Morgan fingerprint density at radius 3 is 2.60 bits per heavy atom. The van der Waals surface area contributed by atoms with E-state index in [1.165, 1.54) is 37.8 Å². The second kappa shape index (κ2) is 6.36. The predicted octanol–water partition coefficient (Wildman–Crippen LogP) is 2.74. The maximum atomic E-state index is 9.01. The molecular weight excluding hydrogens is 252 g/mol. The van der Waals surface area contributed by atoms with Gasteiger partial charge in [-0.1, -0.05) is 24.5 Å². The minimum absolute atomic E-state index is 0.374. The molecule has 108 valence electrons. The van der Waals surface area contributed by atoms with Crippen molar-refractivity contribution >= 4 is 0 Å². The van der Waals surface area contributed by atoms with Gasteiger partial charge in [-0.05, 0) is 25.7 Å². The van der Waals surface area contributed by atoms with Crippen LogP contribution in [0.5, 0.6) is 0 Å². The minimum atomic E-state index is 0.374. The van der Waals surface area contributed by atoms with Crippen molar-refractivity contribution in [3.05, 3.63) is 11.4 Å². The van der Waals surface area contributed by atoms with E-state index in [1.54, 1.807) is 0 Å². The molecule has 1 saturated carbocycles. The zero-order valence-electron chi connectivity index (χ0n) is 11.9. The molecule has 1 saturated heterocycles. The van der Waals surface area contributed by atoms with Crippen molar-refractivity contribution in [3.8, 4) is 6.07 Å². The van der Waals surface area contributed by atoms with Crippen molar-refractivity contribution < 1.29 is 4.74 Å². The van der Waals surface area contributed by atoms with Gasteiger partial charge in [-0.25, -0.2) is 4.68 Å². The molecule has 1 aromatic heterocycles. The molecule has 1 aromatic rings. The van der Waals surface area contributed by atoms with Crippen molar-refractivity contribution in [1.82, 2.24) is 15.0 Å². The van der Waals surface area contributed by atoms with Gasteiger partial charge in [0.05, 0.1) is 24.2 Å². The van der Waals surface area contributed by atoms with Crippen LogP contribution in [-0.2, 0) is 11.2 Å². The average Bonchev–Trinajstić information content (AvgIpc) is 2.93. The fraction of sp³-hybridized carbons (Fsp3) is 0.800. The lowest BCUT2D eigenvalue weighted by Crippen LogP contribution is -2.22. The van der Waals surface area contributed by atoms with Crippen LogP contribution in [0, 0.1) is 11.3 Å². The Balaban J connectivity index is 1.90. The Labute approximate surface area is 119 Å². The highest BCUT2D eigenvalue weighted by atomic mass is 16.5. The van der Waals surface area contributed by atoms with E-state index in [4.69, 9.17) is 10.00 Å². The number of nitrogens with zero attached hydrogens (tertiary/aromatic N) is 4. The number of hydrogen-bond acceptors (Lipinski definition) is 4. The first-order valence-electron chi connectivity index (χ1n) is 7.79. The van der Waals surface area contributed by atoms with Crippen LogP contribution in [0.1, 0.15) is 68.3 Å². The quantitative estimate of drug-likeness (QED) is 0.850. The zero-order chi connectivity index (χ0) is 13.8. The van der Waals surface area contributed by atoms with Crippen LogP contribution < -0.4 is 0 Å². The molecule has 2 fully saturated rings. The number of nitriles is 1. The van der Waals surface area contributed by atoms with Crippen LogP contribution in [0.2, 0.25) is 0 Å². The summed E-state index contributed by atoms with van der Waals surface area (Å²) in [5, 5.41) is 17.7. The lowest BCUT2D eigenvalue weighted by Gasteiger charge is -2.28. The average molecular weight is 274 g/mol. The van der Waals surface area contributed by atoms with Crippen LogP contribution in [-0.4, -0.2) is 28.2 Å². The summed E-state index contributed by atoms with van der Waals surface area (Å²) in [5.74, 6) is 0.462. The van der Waals surface area contributed by atoms with Gasteiger partial charge in [0, 0.05) is 19.1 Å². The van der Waals surface area contributed by atoms with Crippen molar-refractivity contribution in [2.24, 2.45) is 0 Å². The maximum Gasteiger partial charge on any atom is 0.100 e. The Kier molecular flexibility index (Phi) is 4.31. The smallest absolute Gasteiger partial charge is 0.100 e. The fourth-order valence-electron chi connectivity index (χ4n) is 3.52.